The average Bonchev–Trinajstić information content (AvgIpc) is 2.30. The van der Waals surface area contributed by atoms with Crippen molar-refractivity contribution in [2.75, 3.05) is 18.9 Å². The number of ether oxygens (including phenoxy) is 1. The van der Waals surface area contributed by atoms with Crippen molar-refractivity contribution in [2.45, 2.75) is 20.0 Å². The molecule has 4 nitrogen and oxygen atoms in total. The third kappa shape index (κ3) is 4.36. The lowest BCUT2D eigenvalue weighted by molar-refractivity contribution is 0.0695. The Morgan fingerprint density at radius 1 is 1.59 bits per heavy atom. The number of rotatable bonds is 5. The van der Waals surface area contributed by atoms with Crippen molar-refractivity contribution >= 4 is 27.5 Å². The first-order valence-electron chi connectivity index (χ1n) is 5.49. The second-order valence-corrected chi connectivity index (χ2v) is 4.57. The molecule has 0 aliphatic carbocycles. The number of amides is 1. The summed E-state index contributed by atoms with van der Waals surface area (Å²) in [4.78, 5) is 11.8. The molecule has 1 unspecified atom stereocenters. The number of nitrogens with two attached hydrogens (primary N) is 1. The van der Waals surface area contributed by atoms with E-state index in [-0.39, 0.29) is 12.0 Å². The van der Waals surface area contributed by atoms with Crippen LogP contribution in [0.5, 0.6) is 0 Å². The number of hydrogen-bond acceptors (Lipinski definition) is 3. The van der Waals surface area contributed by atoms with Crippen LogP contribution in [0.25, 0.3) is 0 Å². The lowest BCUT2D eigenvalue weighted by atomic mass is 10.2. The summed E-state index contributed by atoms with van der Waals surface area (Å²) in [7, 11) is 0. The first-order chi connectivity index (χ1) is 8.04. The largest absolute Gasteiger partial charge is 0.398 e. The molecule has 0 fully saturated rings. The van der Waals surface area contributed by atoms with Gasteiger partial charge in [-0.3, -0.25) is 4.79 Å². The Labute approximate surface area is 110 Å². The molecule has 1 rings (SSSR count). The predicted octanol–water partition coefficient (Wildman–Crippen LogP) is 2.19. The van der Waals surface area contributed by atoms with E-state index in [0.29, 0.717) is 24.4 Å². The van der Waals surface area contributed by atoms with Gasteiger partial charge in [-0.15, -0.1) is 0 Å². The van der Waals surface area contributed by atoms with Crippen LogP contribution in [0.3, 0.4) is 0 Å². The topological polar surface area (TPSA) is 64.3 Å². The number of carbonyl (C=O) groups is 1. The lowest BCUT2D eigenvalue weighted by Gasteiger charge is -2.12. The number of nitrogen functional groups attached to an aromatic ring is 1. The molecule has 1 atom stereocenters. The molecule has 17 heavy (non-hydrogen) atoms. The summed E-state index contributed by atoms with van der Waals surface area (Å²) in [6, 6.07) is 5.13. The second-order valence-electron chi connectivity index (χ2n) is 3.71. The summed E-state index contributed by atoms with van der Waals surface area (Å²) in [6.45, 7) is 4.97. The van der Waals surface area contributed by atoms with Crippen LogP contribution in [0.2, 0.25) is 0 Å². The standard InChI is InChI=1S/C12H17BrN2O2/c1-3-17-8(2)7-15-12(16)9-4-5-10(13)11(14)6-9/h4-6,8H,3,7,14H2,1-2H3,(H,15,16). The lowest BCUT2D eigenvalue weighted by Crippen LogP contribution is -2.32. The second kappa shape index (κ2) is 6.61. The first-order valence-corrected chi connectivity index (χ1v) is 6.28. The highest BCUT2D eigenvalue weighted by Crippen LogP contribution is 2.20. The maximum Gasteiger partial charge on any atom is 0.251 e. The number of carbonyl (C=O) groups excluding carboxylic acids is 1. The van der Waals surface area contributed by atoms with E-state index in [1.54, 1.807) is 18.2 Å². The fourth-order valence-electron chi connectivity index (χ4n) is 1.37. The van der Waals surface area contributed by atoms with Gasteiger partial charge in [0.25, 0.3) is 5.91 Å². The Balaban J connectivity index is 2.55. The Kier molecular flexibility index (Phi) is 5.44. The minimum Gasteiger partial charge on any atom is -0.398 e. The normalized spacial score (nSPS) is 12.2. The quantitative estimate of drug-likeness (QED) is 0.819. The minimum absolute atomic E-state index is 0.0109. The van der Waals surface area contributed by atoms with E-state index in [2.05, 4.69) is 21.2 Å². The monoisotopic (exact) mass is 300 g/mol. The first kappa shape index (κ1) is 14.0. The summed E-state index contributed by atoms with van der Waals surface area (Å²) in [5.74, 6) is -0.143. The van der Waals surface area contributed by atoms with Crippen molar-refractivity contribution in [3.63, 3.8) is 0 Å². The fraction of sp³-hybridized carbons (Fsp3) is 0.417. The number of halogens is 1. The van der Waals surface area contributed by atoms with Crippen molar-refractivity contribution < 1.29 is 9.53 Å². The van der Waals surface area contributed by atoms with Crippen LogP contribution in [0.1, 0.15) is 24.2 Å². The molecule has 1 aromatic carbocycles. The van der Waals surface area contributed by atoms with Gasteiger partial charge < -0.3 is 15.8 Å². The molecule has 0 saturated carbocycles. The minimum atomic E-state index is -0.143. The van der Waals surface area contributed by atoms with E-state index in [1.165, 1.54) is 0 Å². The van der Waals surface area contributed by atoms with Gasteiger partial charge in [-0.2, -0.15) is 0 Å². The van der Waals surface area contributed by atoms with Gasteiger partial charge in [-0.05, 0) is 48.0 Å². The predicted molar refractivity (Wildman–Crippen MR) is 72.0 cm³/mol. The van der Waals surface area contributed by atoms with Gasteiger partial charge in [0.1, 0.15) is 0 Å². The molecular weight excluding hydrogens is 284 g/mol. The molecule has 1 aromatic rings. The maximum absolute atomic E-state index is 11.8. The van der Waals surface area contributed by atoms with Crippen LogP contribution >= 0.6 is 15.9 Å². The van der Waals surface area contributed by atoms with Crippen molar-refractivity contribution in [2.24, 2.45) is 0 Å². The van der Waals surface area contributed by atoms with Gasteiger partial charge >= 0.3 is 0 Å². The molecule has 0 aliphatic heterocycles. The number of anilines is 1. The Morgan fingerprint density at radius 3 is 2.88 bits per heavy atom. The van der Waals surface area contributed by atoms with Gasteiger partial charge in [0.15, 0.2) is 0 Å². The maximum atomic E-state index is 11.8. The highest BCUT2D eigenvalue weighted by Gasteiger charge is 2.08. The smallest absolute Gasteiger partial charge is 0.251 e. The molecule has 94 valence electrons. The van der Waals surface area contributed by atoms with Gasteiger partial charge in [0.05, 0.1) is 6.10 Å². The van der Waals surface area contributed by atoms with E-state index < -0.39 is 0 Å². The van der Waals surface area contributed by atoms with Gasteiger partial charge in [-0.25, -0.2) is 0 Å². The van der Waals surface area contributed by atoms with Gasteiger partial charge in [0.2, 0.25) is 0 Å². The molecule has 0 bridgehead atoms. The van der Waals surface area contributed by atoms with Crippen molar-refractivity contribution in [1.82, 2.24) is 5.32 Å². The van der Waals surface area contributed by atoms with E-state index in [0.717, 1.165) is 4.47 Å². The Bertz CT molecular complexity index is 396. The summed E-state index contributed by atoms with van der Waals surface area (Å²) in [6.07, 6.45) is 0.0109. The third-order valence-corrected chi connectivity index (χ3v) is 2.98. The van der Waals surface area contributed by atoms with Crippen LogP contribution < -0.4 is 11.1 Å². The van der Waals surface area contributed by atoms with E-state index in [4.69, 9.17) is 10.5 Å². The van der Waals surface area contributed by atoms with Crippen LogP contribution in [0, 0.1) is 0 Å². The van der Waals surface area contributed by atoms with Gasteiger partial charge in [-0.1, -0.05) is 0 Å². The number of benzene rings is 1. The molecule has 0 aliphatic rings. The van der Waals surface area contributed by atoms with Gasteiger partial charge in [0, 0.05) is 28.9 Å². The molecule has 3 N–H and O–H groups in total. The highest BCUT2D eigenvalue weighted by molar-refractivity contribution is 9.10. The van der Waals surface area contributed by atoms with Crippen LogP contribution in [-0.2, 0) is 4.74 Å². The van der Waals surface area contributed by atoms with Crippen molar-refractivity contribution in [1.29, 1.82) is 0 Å². The SMILES string of the molecule is CCOC(C)CNC(=O)c1ccc(Br)c(N)c1. The molecule has 0 saturated heterocycles. The molecule has 1 amide bonds. The zero-order valence-corrected chi connectivity index (χ0v) is 11.6. The molecular formula is C12H17BrN2O2. The van der Waals surface area contributed by atoms with Crippen LogP contribution in [0.15, 0.2) is 22.7 Å². The molecule has 0 aromatic heterocycles. The summed E-state index contributed by atoms with van der Waals surface area (Å²) in [5, 5.41) is 2.80. The van der Waals surface area contributed by atoms with Crippen LogP contribution in [-0.4, -0.2) is 25.2 Å². The zero-order chi connectivity index (χ0) is 12.8. The zero-order valence-electron chi connectivity index (χ0n) is 10.00. The fourth-order valence-corrected chi connectivity index (χ4v) is 1.61. The molecule has 0 heterocycles. The summed E-state index contributed by atoms with van der Waals surface area (Å²) in [5.41, 5.74) is 6.81. The van der Waals surface area contributed by atoms with E-state index in [9.17, 15) is 4.79 Å². The Hall–Kier alpha value is -1.07. The number of hydrogen-bond donors (Lipinski definition) is 2. The summed E-state index contributed by atoms with van der Waals surface area (Å²) >= 11 is 3.28. The average molecular weight is 301 g/mol. The number of nitrogens with one attached hydrogen (secondary N) is 1. The van der Waals surface area contributed by atoms with E-state index >= 15 is 0 Å². The van der Waals surface area contributed by atoms with Crippen LogP contribution in [0.4, 0.5) is 5.69 Å². The Morgan fingerprint density at radius 2 is 2.29 bits per heavy atom. The van der Waals surface area contributed by atoms with Crippen molar-refractivity contribution in [3.8, 4) is 0 Å². The highest BCUT2D eigenvalue weighted by atomic mass is 79.9. The molecule has 5 heteroatoms. The molecule has 0 spiro atoms. The summed E-state index contributed by atoms with van der Waals surface area (Å²) < 4.78 is 6.11. The third-order valence-electron chi connectivity index (χ3n) is 2.26. The van der Waals surface area contributed by atoms with Crippen molar-refractivity contribution in [3.05, 3.63) is 28.2 Å². The van der Waals surface area contributed by atoms with E-state index in [1.807, 2.05) is 13.8 Å². The molecule has 0 radical (unpaired) electrons.